The van der Waals surface area contributed by atoms with Crippen LogP contribution < -0.4 is 0 Å². The van der Waals surface area contributed by atoms with Gasteiger partial charge in [0.15, 0.2) is 0 Å². The van der Waals surface area contributed by atoms with Crippen molar-refractivity contribution in [3.05, 3.63) is 29.8 Å². The van der Waals surface area contributed by atoms with E-state index in [4.69, 9.17) is 5.26 Å². The third-order valence-corrected chi connectivity index (χ3v) is 2.48. The Kier molecular flexibility index (Phi) is 3.00. The smallest absolute Gasteiger partial charge is 0.138 e. The number of hydrogen-bond donors (Lipinski definition) is 0. The van der Waals surface area contributed by atoms with Gasteiger partial charge in [-0.2, -0.15) is 5.26 Å². The van der Waals surface area contributed by atoms with Crippen LogP contribution in [0, 0.1) is 10.7 Å². The zero-order valence-corrected chi connectivity index (χ0v) is 8.98. The van der Waals surface area contributed by atoms with Crippen LogP contribution in [0.1, 0.15) is 26.3 Å². The highest BCUT2D eigenvalue weighted by Crippen LogP contribution is 2.24. The number of thioether (sulfide) groups is 1. The fourth-order valence-corrected chi connectivity index (χ4v) is 1.45. The molecule has 68 valence electrons. The van der Waals surface area contributed by atoms with Crippen LogP contribution in [0.4, 0.5) is 0 Å². The first-order valence-electron chi connectivity index (χ1n) is 4.20. The SMILES string of the molecule is CC(C)(C)c1ccc(SC#N)cc1. The molecular formula is C11H13NS. The summed E-state index contributed by atoms with van der Waals surface area (Å²) in [7, 11) is 0. The molecule has 0 heterocycles. The van der Waals surface area contributed by atoms with E-state index >= 15 is 0 Å². The fourth-order valence-electron chi connectivity index (χ4n) is 1.08. The lowest BCUT2D eigenvalue weighted by Crippen LogP contribution is -2.10. The molecule has 0 atom stereocenters. The molecule has 0 aliphatic carbocycles. The van der Waals surface area contributed by atoms with Crippen LogP contribution >= 0.6 is 11.8 Å². The van der Waals surface area contributed by atoms with Crippen LogP contribution in [0.3, 0.4) is 0 Å². The molecule has 0 saturated heterocycles. The minimum atomic E-state index is 0.190. The molecule has 1 rings (SSSR count). The minimum Gasteiger partial charge on any atom is -0.185 e. The maximum absolute atomic E-state index is 8.46. The first-order valence-corrected chi connectivity index (χ1v) is 5.02. The molecule has 1 nitrogen and oxygen atoms in total. The second kappa shape index (κ2) is 3.85. The summed E-state index contributed by atoms with van der Waals surface area (Å²) in [6.45, 7) is 6.54. The molecule has 0 aliphatic rings. The van der Waals surface area contributed by atoms with Crippen molar-refractivity contribution in [2.75, 3.05) is 0 Å². The van der Waals surface area contributed by atoms with Crippen molar-refractivity contribution in [3.8, 4) is 5.40 Å². The van der Waals surface area contributed by atoms with Gasteiger partial charge in [0, 0.05) is 4.90 Å². The van der Waals surface area contributed by atoms with Crippen LogP contribution in [0.2, 0.25) is 0 Å². The number of nitrogens with zero attached hydrogens (tertiary/aromatic N) is 1. The van der Waals surface area contributed by atoms with Gasteiger partial charge in [0.2, 0.25) is 0 Å². The molecule has 0 spiro atoms. The lowest BCUT2D eigenvalue weighted by Gasteiger charge is -2.18. The van der Waals surface area contributed by atoms with Gasteiger partial charge in [-0.3, -0.25) is 0 Å². The lowest BCUT2D eigenvalue weighted by molar-refractivity contribution is 0.590. The standard InChI is InChI=1S/C11H13NS/c1-11(2,3)9-4-6-10(7-5-9)13-8-12/h4-7H,1-3H3. The second-order valence-electron chi connectivity index (χ2n) is 3.97. The number of nitriles is 1. The molecule has 0 radical (unpaired) electrons. The van der Waals surface area contributed by atoms with Crippen molar-refractivity contribution in [3.63, 3.8) is 0 Å². The second-order valence-corrected chi connectivity index (χ2v) is 4.83. The summed E-state index contributed by atoms with van der Waals surface area (Å²) in [4.78, 5) is 1.01. The number of thiocyanates is 1. The Bertz CT molecular complexity index is 313. The highest BCUT2D eigenvalue weighted by atomic mass is 32.2. The molecular weight excluding hydrogens is 178 g/mol. The molecule has 13 heavy (non-hydrogen) atoms. The summed E-state index contributed by atoms with van der Waals surface area (Å²) in [6.07, 6.45) is 0. The van der Waals surface area contributed by atoms with Gasteiger partial charge in [-0.15, -0.1) is 0 Å². The first kappa shape index (κ1) is 10.1. The first-order chi connectivity index (χ1) is 6.04. The Morgan fingerprint density at radius 2 is 1.69 bits per heavy atom. The average Bonchev–Trinajstić information content (AvgIpc) is 2.04. The normalized spacial score (nSPS) is 10.9. The average molecular weight is 191 g/mol. The van der Waals surface area contributed by atoms with E-state index in [1.807, 2.05) is 12.1 Å². The third kappa shape index (κ3) is 2.78. The molecule has 1 aromatic rings. The molecule has 0 bridgehead atoms. The Morgan fingerprint density at radius 1 is 1.15 bits per heavy atom. The minimum absolute atomic E-state index is 0.190. The molecule has 0 unspecified atom stereocenters. The Morgan fingerprint density at radius 3 is 2.08 bits per heavy atom. The highest BCUT2D eigenvalue weighted by Gasteiger charge is 2.12. The number of rotatable bonds is 1. The van der Waals surface area contributed by atoms with E-state index < -0.39 is 0 Å². The van der Waals surface area contributed by atoms with Crippen LogP contribution in [-0.4, -0.2) is 0 Å². The van der Waals surface area contributed by atoms with Crippen molar-refractivity contribution < 1.29 is 0 Å². The zero-order chi connectivity index (χ0) is 9.90. The molecule has 2 heteroatoms. The maximum Gasteiger partial charge on any atom is 0.138 e. The van der Waals surface area contributed by atoms with E-state index in [9.17, 15) is 0 Å². The van der Waals surface area contributed by atoms with Gasteiger partial charge < -0.3 is 0 Å². The maximum atomic E-state index is 8.46. The third-order valence-electron chi connectivity index (χ3n) is 1.88. The highest BCUT2D eigenvalue weighted by molar-refractivity contribution is 8.03. The summed E-state index contributed by atoms with van der Waals surface area (Å²) in [5.74, 6) is 0. The van der Waals surface area contributed by atoms with Crippen LogP contribution in [-0.2, 0) is 5.41 Å². The van der Waals surface area contributed by atoms with Crippen molar-refractivity contribution in [2.45, 2.75) is 31.1 Å². The van der Waals surface area contributed by atoms with Crippen molar-refractivity contribution in [1.29, 1.82) is 5.26 Å². The Hall–Kier alpha value is -0.940. The van der Waals surface area contributed by atoms with Crippen molar-refractivity contribution in [2.24, 2.45) is 0 Å². The van der Waals surface area contributed by atoms with Gasteiger partial charge in [-0.05, 0) is 34.9 Å². The van der Waals surface area contributed by atoms with Crippen LogP contribution in [0.5, 0.6) is 0 Å². The predicted molar refractivity (Wildman–Crippen MR) is 56.6 cm³/mol. The molecule has 0 N–H and O–H groups in total. The topological polar surface area (TPSA) is 23.8 Å². The van der Waals surface area contributed by atoms with Gasteiger partial charge in [0.1, 0.15) is 5.40 Å². The zero-order valence-electron chi connectivity index (χ0n) is 8.16. The van der Waals surface area contributed by atoms with Gasteiger partial charge in [-0.1, -0.05) is 32.9 Å². The van der Waals surface area contributed by atoms with E-state index in [2.05, 4.69) is 38.3 Å². The molecule has 0 aliphatic heterocycles. The molecule has 0 aromatic heterocycles. The largest absolute Gasteiger partial charge is 0.185 e. The van der Waals surface area contributed by atoms with E-state index in [1.165, 1.54) is 17.3 Å². The quantitative estimate of drug-likeness (QED) is 0.500. The van der Waals surface area contributed by atoms with Crippen molar-refractivity contribution in [1.82, 2.24) is 0 Å². The summed E-state index contributed by atoms with van der Waals surface area (Å²) in [5.41, 5.74) is 1.49. The van der Waals surface area contributed by atoms with Gasteiger partial charge in [0.05, 0.1) is 0 Å². The summed E-state index contributed by atoms with van der Waals surface area (Å²) < 4.78 is 0. The van der Waals surface area contributed by atoms with Gasteiger partial charge in [-0.25, -0.2) is 0 Å². The van der Waals surface area contributed by atoms with E-state index in [0.717, 1.165) is 4.90 Å². The van der Waals surface area contributed by atoms with E-state index in [0.29, 0.717) is 0 Å². The summed E-state index contributed by atoms with van der Waals surface area (Å²) in [5, 5.41) is 10.5. The number of hydrogen-bond acceptors (Lipinski definition) is 2. The lowest BCUT2D eigenvalue weighted by atomic mass is 9.87. The molecule has 0 fully saturated rings. The van der Waals surface area contributed by atoms with Crippen LogP contribution in [0.15, 0.2) is 29.2 Å². The molecule has 0 saturated carbocycles. The van der Waals surface area contributed by atoms with Crippen LogP contribution in [0.25, 0.3) is 0 Å². The van der Waals surface area contributed by atoms with Gasteiger partial charge >= 0.3 is 0 Å². The molecule has 1 aromatic carbocycles. The molecule has 0 amide bonds. The Balaban J connectivity index is 2.89. The van der Waals surface area contributed by atoms with Crippen molar-refractivity contribution >= 4 is 11.8 Å². The fraction of sp³-hybridized carbons (Fsp3) is 0.364. The Labute approximate surface area is 83.8 Å². The van der Waals surface area contributed by atoms with E-state index in [1.54, 1.807) is 0 Å². The summed E-state index contributed by atoms with van der Waals surface area (Å²) in [6, 6.07) is 8.16. The number of benzene rings is 1. The van der Waals surface area contributed by atoms with Gasteiger partial charge in [0.25, 0.3) is 0 Å². The van der Waals surface area contributed by atoms with E-state index in [-0.39, 0.29) is 5.41 Å². The summed E-state index contributed by atoms with van der Waals surface area (Å²) >= 11 is 1.20. The monoisotopic (exact) mass is 191 g/mol. The predicted octanol–water partition coefficient (Wildman–Crippen LogP) is 3.56.